The van der Waals surface area contributed by atoms with E-state index in [4.69, 9.17) is 10.9 Å². The molecule has 0 saturated heterocycles. The van der Waals surface area contributed by atoms with Crippen LogP contribution in [0.1, 0.15) is 12.0 Å². The molecule has 6 nitrogen and oxygen atoms in total. The second-order valence-electron chi connectivity index (χ2n) is 4.06. The molecular formula is C11H18N4O2. The summed E-state index contributed by atoms with van der Waals surface area (Å²) in [4.78, 5) is 14.0. The van der Waals surface area contributed by atoms with E-state index in [2.05, 4.69) is 10.1 Å². The summed E-state index contributed by atoms with van der Waals surface area (Å²) in [5.41, 5.74) is 5.41. The molecule has 0 aliphatic carbocycles. The van der Waals surface area contributed by atoms with Crippen molar-refractivity contribution in [2.45, 2.75) is 13.0 Å². The van der Waals surface area contributed by atoms with Gasteiger partial charge in [0.2, 0.25) is 0 Å². The van der Waals surface area contributed by atoms with Crippen molar-refractivity contribution in [1.82, 2.24) is 9.47 Å². The van der Waals surface area contributed by atoms with Gasteiger partial charge in [-0.2, -0.15) is 0 Å². The fourth-order valence-electron chi connectivity index (χ4n) is 1.52. The minimum atomic E-state index is -0.235. The normalized spacial score (nSPS) is 12.1. The zero-order valence-corrected chi connectivity index (χ0v) is 10.1. The van der Waals surface area contributed by atoms with E-state index in [0.29, 0.717) is 6.54 Å². The van der Waals surface area contributed by atoms with Crippen LogP contribution in [0.4, 0.5) is 0 Å². The number of rotatable bonds is 5. The van der Waals surface area contributed by atoms with Crippen LogP contribution in [-0.2, 0) is 6.54 Å². The Kier molecular flexibility index (Phi) is 4.71. The van der Waals surface area contributed by atoms with Crippen molar-refractivity contribution in [3.8, 4) is 0 Å². The lowest BCUT2D eigenvalue weighted by atomic mass is 10.2. The van der Waals surface area contributed by atoms with Crippen LogP contribution in [0.3, 0.4) is 0 Å². The molecule has 0 aliphatic rings. The zero-order chi connectivity index (χ0) is 12.8. The lowest BCUT2D eigenvalue weighted by molar-refractivity contribution is 0.318. The van der Waals surface area contributed by atoms with Crippen LogP contribution >= 0.6 is 0 Å². The average molecular weight is 238 g/mol. The van der Waals surface area contributed by atoms with Crippen molar-refractivity contribution < 1.29 is 5.21 Å². The van der Waals surface area contributed by atoms with Gasteiger partial charge in [-0.15, -0.1) is 0 Å². The first-order valence-corrected chi connectivity index (χ1v) is 5.38. The molecule has 17 heavy (non-hydrogen) atoms. The first-order chi connectivity index (χ1) is 8.06. The molecule has 0 fully saturated rings. The van der Waals surface area contributed by atoms with E-state index in [-0.39, 0.29) is 17.0 Å². The van der Waals surface area contributed by atoms with E-state index in [1.807, 2.05) is 14.1 Å². The average Bonchev–Trinajstić information content (AvgIpc) is 2.30. The van der Waals surface area contributed by atoms with Crippen molar-refractivity contribution >= 4 is 5.84 Å². The van der Waals surface area contributed by atoms with Gasteiger partial charge in [0.25, 0.3) is 5.56 Å². The van der Waals surface area contributed by atoms with Crippen LogP contribution in [-0.4, -0.2) is 41.1 Å². The van der Waals surface area contributed by atoms with Gasteiger partial charge in [-0.3, -0.25) is 4.79 Å². The monoisotopic (exact) mass is 238 g/mol. The van der Waals surface area contributed by atoms with Gasteiger partial charge in [0.1, 0.15) is 0 Å². The topological polar surface area (TPSA) is 83.8 Å². The van der Waals surface area contributed by atoms with Crippen molar-refractivity contribution in [2.75, 3.05) is 20.6 Å². The third-order valence-corrected chi connectivity index (χ3v) is 2.41. The lowest BCUT2D eigenvalue weighted by Crippen LogP contribution is -2.30. The SMILES string of the molecule is CN(C)CCCn1cccc(/C(N)=N/O)c1=O. The molecule has 0 spiro atoms. The molecule has 1 heterocycles. The molecule has 0 atom stereocenters. The number of aryl methyl sites for hydroxylation is 1. The Morgan fingerprint density at radius 3 is 2.88 bits per heavy atom. The highest BCUT2D eigenvalue weighted by Gasteiger charge is 2.07. The zero-order valence-electron chi connectivity index (χ0n) is 10.1. The molecule has 0 aliphatic heterocycles. The summed E-state index contributed by atoms with van der Waals surface area (Å²) < 4.78 is 1.57. The Morgan fingerprint density at radius 2 is 2.29 bits per heavy atom. The summed E-state index contributed by atoms with van der Waals surface area (Å²) in [6.45, 7) is 1.52. The Balaban J connectivity index is 2.84. The van der Waals surface area contributed by atoms with Gasteiger partial charge in [-0.1, -0.05) is 5.16 Å². The number of aromatic nitrogens is 1. The first kappa shape index (κ1) is 13.2. The summed E-state index contributed by atoms with van der Waals surface area (Å²) in [5, 5.41) is 11.4. The van der Waals surface area contributed by atoms with E-state index >= 15 is 0 Å². The molecule has 0 radical (unpaired) electrons. The van der Waals surface area contributed by atoms with E-state index in [1.165, 1.54) is 0 Å². The first-order valence-electron chi connectivity index (χ1n) is 5.38. The maximum atomic E-state index is 11.9. The Morgan fingerprint density at radius 1 is 1.59 bits per heavy atom. The van der Waals surface area contributed by atoms with Crippen LogP contribution in [0.2, 0.25) is 0 Å². The van der Waals surface area contributed by atoms with Gasteiger partial charge in [-0.05, 0) is 39.2 Å². The summed E-state index contributed by atoms with van der Waals surface area (Å²) in [7, 11) is 3.96. The molecule has 0 unspecified atom stereocenters. The minimum absolute atomic E-state index is 0.156. The summed E-state index contributed by atoms with van der Waals surface area (Å²) in [6.07, 6.45) is 2.57. The summed E-state index contributed by atoms with van der Waals surface area (Å²) >= 11 is 0. The smallest absolute Gasteiger partial charge is 0.261 e. The van der Waals surface area contributed by atoms with Crippen LogP contribution < -0.4 is 11.3 Å². The number of nitrogens with two attached hydrogens (primary N) is 1. The van der Waals surface area contributed by atoms with Gasteiger partial charge >= 0.3 is 0 Å². The van der Waals surface area contributed by atoms with E-state index in [9.17, 15) is 4.79 Å². The fraction of sp³-hybridized carbons (Fsp3) is 0.455. The van der Waals surface area contributed by atoms with Gasteiger partial charge in [-0.25, -0.2) is 0 Å². The maximum Gasteiger partial charge on any atom is 0.261 e. The number of oxime groups is 1. The highest BCUT2D eigenvalue weighted by atomic mass is 16.4. The molecule has 1 aromatic rings. The number of nitrogens with zero attached hydrogens (tertiary/aromatic N) is 3. The maximum absolute atomic E-state index is 11.9. The van der Waals surface area contributed by atoms with E-state index < -0.39 is 0 Å². The van der Waals surface area contributed by atoms with Gasteiger partial charge < -0.3 is 20.4 Å². The van der Waals surface area contributed by atoms with Crippen molar-refractivity contribution in [2.24, 2.45) is 10.9 Å². The summed E-state index contributed by atoms with van der Waals surface area (Å²) in [6, 6.07) is 3.25. The van der Waals surface area contributed by atoms with Crippen molar-refractivity contribution in [3.63, 3.8) is 0 Å². The van der Waals surface area contributed by atoms with Crippen molar-refractivity contribution in [1.29, 1.82) is 0 Å². The molecular weight excluding hydrogens is 220 g/mol. The lowest BCUT2D eigenvalue weighted by Gasteiger charge is -2.11. The van der Waals surface area contributed by atoms with Gasteiger partial charge in [0.15, 0.2) is 5.84 Å². The van der Waals surface area contributed by atoms with Crippen molar-refractivity contribution in [3.05, 3.63) is 34.2 Å². The molecule has 0 saturated carbocycles. The largest absolute Gasteiger partial charge is 0.409 e. The third kappa shape index (κ3) is 3.60. The van der Waals surface area contributed by atoms with E-state index in [1.54, 1.807) is 22.9 Å². The molecule has 0 aromatic carbocycles. The molecule has 1 aromatic heterocycles. The summed E-state index contributed by atoms with van der Waals surface area (Å²) in [5.74, 6) is -0.156. The molecule has 94 valence electrons. The number of pyridine rings is 1. The molecule has 0 bridgehead atoms. The highest BCUT2D eigenvalue weighted by molar-refractivity contribution is 5.96. The van der Waals surface area contributed by atoms with Gasteiger partial charge in [0.05, 0.1) is 5.56 Å². The minimum Gasteiger partial charge on any atom is -0.409 e. The number of amidine groups is 1. The molecule has 0 amide bonds. The van der Waals surface area contributed by atoms with Crippen LogP contribution in [0.15, 0.2) is 28.3 Å². The third-order valence-electron chi connectivity index (χ3n) is 2.41. The predicted octanol–water partition coefficient (Wildman–Crippen LogP) is -0.105. The highest BCUT2D eigenvalue weighted by Crippen LogP contribution is 1.94. The molecule has 6 heteroatoms. The van der Waals surface area contributed by atoms with Gasteiger partial charge in [0, 0.05) is 12.7 Å². The Bertz CT molecular complexity index is 451. The standard InChI is InChI=1S/C11H18N4O2/c1-14(2)6-4-8-15-7-3-5-9(11(15)16)10(12)13-17/h3,5,7,17H,4,6,8H2,1-2H3,(H2,12,13). The Labute approximate surface area is 100.0 Å². The Hall–Kier alpha value is -1.82. The number of hydrogen-bond donors (Lipinski definition) is 2. The van der Waals surface area contributed by atoms with Crippen LogP contribution in [0.5, 0.6) is 0 Å². The fourth-order valence-corrected chi connectivity index (χ4v) is 1.52. The predicted molar refractivity (Wildman–Crippen MR) is 66.4 cm³/mol. The van der Waals surface area contributed by atoms with Crippen LogP contribution in [0, 0.1) is 0 Å². The second-order valence-corrected chi connectivity index (χ2v) is 4.06. The molecule has 1 rings (SSSR count). The van der Waals surface area contributed by atoms with E-state index in [0.717, 1.165) is 13.0 Å². The van der Waals surface area contributed by atoms with Crippen LogP contribution in [0.25, 0.3) is 0 Å². The second kappa shape index (κ2) is 6.05. The quantitative estimate of drug-likeness (QED) is 0.324. The molecule has 3 N–H and O–H groups in total. The number of hydrogen-bond acceptors (Lipinski definition) is 4.